The van der Waals surface area contributed by atoms with Gasteiger partial charge in [0.05, 0.1) is 26.4 Å². The smallest absolute Gasteiger partial charge is 0.295 e. The summed E-state index contributed by atoms with van der Waals surface area (Å²) in [6, 6.07) is 13.2. The Balaban J connectivity index is 1.66. The number of ether oxygens (including phenoxy) is 2. The van der Waals surface area contributed by atoms with Gasteiger partial charge in [0.25, 0.3) is 5.91 Å². The van der Waals surface area contributed by atoms with Crippen LogP contribution in [-0.2, 0) is 14.3 Å². The van der Waals surface area contributed by atoms with E-state index < -0.39 is 23.5 Å². The molecular weight excluding hydrogens is 488 g/mol. The minimum Gasteiger partial charge on any atom is -0.872 e. The first-order valence-electron chi connectivity index (χ1n) is 11.0. The molecule has 0 saturated carbocycles. The van der Waals surface area contributed by atoms with Crippen LogP contribution in [0.15, 0.2) is 58.6 Å². The highest BCUT2D eigenvalue weighted by atomic mass is 79.9. The monoisotopic (exact) mass is 513 g/mol. The standard InChI is InChI=1S/C25H27BrN2O5/c1-32-20-9-5-17(6-10-20)22-21(23(29)18-3-7-19(26)8-4-18)24(30)25(31)28(22)12-2-11-27-13-15-33-16-14-27/h3-10,22,29H,2,11-16H2,1H3/p-1. The number of carbonyl (C=O) groups is 2. The summed E-state index contributed by atoms with van der Waals surface area (Å²) in [5.41, 5.74) is 1.09. The van der Waals surface area contributed by atoms with Crippen molar-refractivity contribution in [2.24, 2.45) is 0 Å². The fourth-order valence-corrected chi connectivity index (χ4v) is 4.54. The van der Waals surface area contributed by atoms with Crippen LogP contribution >= 0.6 is 15.9 Å². The Morgan fingerprint density at radius 1 is 1.06 bits per heavy atom. The molecule has 1 amide bonds. The second-order valence-electron chi connectivity index (χ2n) is 8.06. The highest BCUT2D eigenvalue weighted by molar-refractivity contribution is 9.10. The first kappa shape index (κ1) is 23.5. The van der Waals surface area contributed by atoms with E-state index in [1.165, 1.54) is 4.90 Å². The van der Waals surface area contributed by atoms with Crippen LogP contribution in [0.5, 0.6) is 5.75 Å². The summed E-state index contributed by atoms with van der Waals surface area (Å²) in [4.78, 5) is 29.9. The second-order valence-corrected chi connectivity index (χ2v) is 8.98. The Kier molecular flexibility index (Phi) is 7.47. The van der Waals surface area contributed by atoms with E-state index in [-0.39, 0.29) is 5.57 Å². The lowest BCUT2D eigenvalue weighted by atomic mass is 9.95. The summed E-state index contributed by atoms with van der Waals surface area (Å²) in [6.45, 7) is 4.30. The molecule has 1 atom stereocenters. The molecular formula is C25H26BrN2O5-. The summed E-state index contributed by atoms with van der Waals surface area (Å²) >= 11 is 3.36. The lowest BCUT2D eigenvalue weighted by molar-refractivity contribution is -0.245. The molecule has 0 bridgehead atoms. The van der Waals surface area contributed by atoms with Crippen LogP contribution in [-0.4, -0.2) is 68.0 Å². The molecule has 0 aromatic heterocycles. The van der Waals surface area contributed by atoms with Crippen molar-refractivity contribution in [3.63, 3.8) is 0 Å². The van der Waals surface area contributed by atoms with E-state index in [1.807, 2.05) is 0 Å². The van der Waals surface area contributed by atoms with E-state index in [4.69, 9.17) is 9.47 Å². The number of amides is 1. The van der Waals surface area contributed by atoms with Gasteiger partial charge in [-0.25, -0.2) is 0 Å². The van der Waals surface area contributed by atoms with E-state index in [0.29, 0.717) is 43.1 Å². The Morgan fingerprint density at radius 3 is 2.36 bits per heavy atom. The van der Waals surface area contributed by atoms with Crippen molar-refractivity contribution in [2.75, 3.05) is 46.5 Å². The number of methoxy groups -OCH3 is 1. The molecule has 174 valence electrons. The normalized spacial score (nSPS) is 20.9. The van der Waals surface area contributed by atoms with Gasteiger partial charge in [-0.15, -0.1) is 0 Å². The largest absolute Gasteiger partial charge is 0.872 e. The van der Waals surface area contributed by atoms with Gasteiger partial charge in [-0.3, -0.25) is 14.5 Å². The molecule has 2 aromatic rings. The molecule has 33 heavy (non-hydrogen) atoms. The Hall–Kier alpha value is -2.68. The number of morpholine rings is 1. The fourth-order valence-electron chi connectivity index (χ4n) is 4.28. The zero-order chi connectivity index (χ0) is 23.4. The van der Waals surface area contributed by atoms with Crippen molar-refractivity contribution < 1.29 is 24.2 Å². The molecule has 0 N–H and O–H groups in total. The third-order valence-electron chi connectivity index (χ3n) is 6.04. The number of carbonyl (C=O) groups excluding carboxylic acids is 2. The number of ketones is 1. The molecule has 2 aliphatic heterocycles. The quantitative estimate of drug-likeness (QED) is 0.321. The number of Topliss-reactive ketones (excluding diaryl/α,β-unsaturated/α-hetero) is 1. The summed E-state index contributed by atoms with van der Waals surface area (Å²) in [5, 5.41) is 13.4. The van der Waals surface area contributed by atoms with Crippen LogP contribution < -0.4 is 9.84 Å². The van der Waals surface area contributed by atoms with E-state index in [9.17, 15) is 14.7 Å². The van der Waals surface area contributed by atoms with Crippen molar-refractivity contribution >= 4 is 33.4 Å². The van der Waals surface area contributed by atoms with Gasteiger partial charge in [-0.2, -0.15) is 0 Å². The Morgan fingerprint density at radius 2 is 1.73 bits per heavy atom. The third-order valence-corrected chi connectivity index (χ3v) is 6.57. The predicted molar refractivity (Wildman–Crippen MR) is 125 cm³/mol. The average molecular weight is 514 g/mol. The van der Waals surface area contributed by atoms with Gasteiger partial charge in [-0.05, 0) is 41.8 Å². The maximum atomic E-state index is 13.4. The van der Waals surface area contributed by atoms with Crippen molar-refractivity contribution in [2.45, 2.75) is 12.5 Å². The van der Waals surface area contributed by atoms with Gasteiger partial charge in [0.15, 0.2) is 0 Å². The average Bonchev–Trinajstić information content (AvgIpc) is 3.10. The minimum absolute atomic E-state index is 0.00105. The highest BCUT2D eigenvalue weighted by Gasteiger charge is 2.43. The maximum absolute atomic E-state index is 13.4. The Labute approximate surface area is 201 Å². The summed E-state index contributed by atoms with van der Waals surface area (Å²) in [7, 11) is 1.57. The number of nitrogens with zero attached hydrogens (tertiary/aromatic N) is 2. The molecule has 8 heteroatoms. The maximum Gasteiger partial charge on any atom is 0.295 e. The number of benzene rings is 2. The predicted octanol–water partition coefficient (Wildman–Crippen LogP) is 2.40. The van der Waals surface area contributed by atoms with E-state index in [2.05, 4.69) is 20.8 Å². The molecule has 2 fully saturated rings. The molecule has 1 unspecified atom stereocenters. The van der Waals surface area contributed by atoms with Gasteiger partial charge in [0, 0.05) is 36.2 Å². The van der Waals surface area contributed by atoms with E-state index >= 15 is 0 Å². The van der Waals surface area contributed by atoms with Crippen molar-refractivity contribution in [3.8, 4) is 5.75 Å². The van der Waals surface area contributed by atoms with Crippen molar-refractivity contribution in [1.29, 1.82) is 0 Å². The van der Waals surface area contributed by atoms with Crippen LogP contribution in [0.3, 0.4) is 0 Å². The van der Waals surface area contributed by atoms with Gasteiger partial charge in [0.2, 0.25) is 5.78 Å². The van der Waals surface area contributed by atoms with Crippen molar-refractivity contribution in [3.05, 3.63) is 69.7 Å². The van der Waals surface area contributed by atoms with Crippen LogP contribution in [0, 0.1) is 0 Å². The van der Waals surface area contributed by atoms with Gasteiger partial charge < -0.3 is 19.5 Å². The zero-order valence-electron chi connectivity index (χ0n) is 18.5. The number of hydrogen-bond acceptors (Lipinski definition) is 6. The van der Waals surface area contributed by atoms with Crippen LogP contribution in [0.2, 0.25) is 0 Å². The van der Waals surface area contributed by atoms with E-state index in [0.717, 1.165) is 24.1 Å². The fraction of sp³-hybridized carbons (Fsp3) is 0.360. The summed E-state index contributed by atoms with van der Waals surface area (Å²) in [5.74, 6) is -1.11. The molecule has 2 aliphatic rings. The molecule has 7 nitrogen and oxygen atoms in total. The molecule has 2 aromatic carbocycles. The number of likely N-dealkylation sites (tertiary alicyclic amines) is 1. The van der Waals surface area contributed by atoms with Crippen LogP contribution in [0.25, 0.3) is 5.76 Å². The summed E-state index contributed by atoms with van der Waals surface area (Å²) < 4.78 is 11.5. The molecule has 0 aliphatic carbocycles. The molecule has 2 heterocycles. The van der Waals surface area contributed by atoms with E-state index in [1.54, 1.807) is 55.6 Å². The number of halogens is 1. The minimum atomic E-state index is -0.727. The summed E-state index contributed by atoms with van der Waals surface area (Å²) in [6.07, 6.45) is 0.700. The van der Waals surface area contributed by atoms with Gasteiger partial charge in [0.1, 0.15) is 5.75 Å². The van der Waals surface area contributed by atoms with Gasteiger partial charge in [-0.1, -0.05) is 46.0 Å². The Bertz CT molecular complexity index is 1030. The van der Waals surface area contributed by atoms with Crippen molar-refractivity contribution in [1.82, 2.24) is 9.80 Å². The number of hydrogen-bond donors (Lipinski definition) is 0. The second kappa shape index (κ2) is 10.5. The lowest BCUT2D eigenvalue weighted by Crippen LogP contribution is -2.39. The lowest BCUT2D eigenvalue weighted by Gasteiger charge is -2.30. The van der Waals surface area contributed by atoms with Gasteiger partial charge >= 0.3 is 0 Å². The van der Waals surface area contributed by atoms with Crippen LogP contribution in [0.4, 0.5) is 0 Å². The third kappa shape index (κ3) is 5.13. The molecule has 2 saturated heterocycles. The highest BCUT2D eigenvalue weighted by Crippen LogP contribution is 2.39. The molecule has 0 spiro atoms. The SMILES string of the molecule is COc1ccc(C2C(=C([O-])c3ccc(Br)cc3)C(=O)C(=O)N2CCCN2CCOCC2)cc1. The molecule has 0 radical (unpaired) electrons. The molecule has 4 rings (SSSR count). The number of rotatable bonds is 7. The topological polar surface area (TPSA) is 82.1 Å². The first-order valence-corrected chi connectivity index (χ1v) is 11.8. The zero-order valence-corrected chi connectivity index (χ0v) is 20.0. The van der Waals surface area contributed by atoms with Crippen LogP contribution in [0.1, 0.15) is 23.6 Å². The first-order chi connectivity index (χ1) is 16.0.